The van der Waals surface area contributed by atoms with Gasteiger partial charge in [0.05, 0.1) is 0 Å². The molecule has 1 aromatic rings. The summed E-state index contributed by atoms with van der Waals surface area (Å²) in [4.78, 5) is 1.29. The van der Waals surface area contributed by atoms with Gasteiger partial charge in [0, 0.05) is 16.8 Å². The molecule has 1 atom stereocenters. The molecule has 5 heteroatoms. The van der Waals surface area contributed by atoms with E-state index in [1.807, 2.05) is 23.9 Å². The number of hydrogen-bond acceptors (Lipinski definition) is 3. The first-order chi connectivity index (χ1) is 9.24. The van der Waals surface area contributed by atoms with E-state index in [0.717, 1.165) is 11.6 Å². The third kappa shape index (κ3) is 5.55. The highest BCUT2D eigenvalue weighted by Crippen LogP contribution is 2.25. The van der Waals surface area contributed by atoms with Gasteiger partial charge in [-0.3, -0.25) is 0 Å². The standard InChI is InChI=1S/C14H22N2OS2/c1-19(17)16-13-2-4-14(5-3-13)18-11-8-12-6-9-15-10-7-12/h2-5,12,15-16H,6-11H2,1H3. The summed E-state index contributed by atoms with van der Waals surface area (Å²) in [7, 11) is -0.995. The summed E-state index contributed by atoms with van der Waals surface area (Å²) in [6, 6.07) is 8.19. The second kappa shape index (κ2) is 7.92. The van der Waals surface area contributed by atoms with Crippen LogP contribution in [0, 0.1) is 5.92 Å². The molecule has 0 radical (unpaired) electrons. The molecule has 3 nitrogen and oxygen atoms in total. The van der Waals surface area contributed by atoms with Gasteiger partial charge >= 0.3 is 0 Å². The van der Waals surface area contributed by atoms with Crippen LogP contribution in [0.4, 0.5) is 5.69 Å². The Morgan fingerprint density at radius 3 is 2.63 bits per heavy atom. The second-order valence-corrected chi connectivity index (χ2v) is 7.19. The molecule has 0 spiro atoms. The molecular weight excluding hydrogens is 276 g/mol. The Labute approximate surface area is 122 Å². The molecule has 1 heterocycles. The zero-order valence-electron chi connectivity index (χ0n) is 11.4. The SMILES string of the molecule is CS(=O)Nc1ccc(SCCC2CCNCC2)cc1. The van der Waals surface area contributed by atoms with Crippen LogP contribution in [0.3, 0.4) is 0 Å². The minimum Gasteiger partial charge on any atom is -0.317 e. The molecule has 0 saturated carbocycles. The van der Waals surface area contributed by atoms with E-state index in [-0.39, 0.29) is 0 Å². The van der Waals surface area contributed by atoms with Crippen LogP contribution < -0.4 is 10.0 Å². The van der Waals surface area contributed by atoms with Gasteiger partial charge in [-0.05, 0) is 68.3 Å². The van der Waals surface area contributed by atoms with Gasteiger partial charge < -0.3 is 10.0 Å². The van der Waals surface area contributed by atoms with E-state index in [9.17, 15) is 4.21 Å². The average molecular weight is 298 g/mol. The fraction of sp³-hybridized carbons (Fsp3) is 0.571. The van der Waals surface area contributed by atoms with Gasteiger partial charge in [-0.1, -0.05) is 0 Å². The number of rotatable bonds is 6. The van der Waals surface area contributed by atoms with Gasteiger partial charge in [0.2, 0.25) is 0 Å². The summed E-state index contributed by atoms with van der Waals surface area (Å²) in [5.41, 5.74) is 0.920. The largest absolute Gasteiger partial charge is 0.317 e. The minimum atomic E-state index is -0.995. The third-order valence-electron chi connectivity index (χ3n) is 3.37. The zero-order chi connectivity index (χ0) is 13.5. The van der Waals surface area contributed by atoms with E-state index in [4.69, 9.17) is 0 Å². The van der Waals surface area contributed by atoms with Crippen LogP contribution >= 0.6 is 11.8 Å². The Morgan fingerprint density at radius 1 is 1.32 bits per heavy atom. The van der Waals surface area contributed by atoms with E-state index in [1.165, 1.54) is 43.0 Å². The molecule has 0 aliphatic carbocycles. The molecule has 1 unspecified atom stereocenters. The topological polar surface area (TPSA) is 41.1 Å². The molecule has 1 aliphatic heterocycles. The summed E-state index contributed by atoms with van der Waals surface area (Å²) >= 11 is 1.92. The molecule has 1 aromatic carbocycles. The average Bonchev–Trinajstić information content (AvgIpc) is 2.41. The van der Waals surface area contributed by atoms with Crippen LogP contribution in [0.5, 0.6) is 0 Å². The van der Waals surface area contributed by atoms with E-state index < -0.39 is 11.0 Å². The number of piperidine rings is 1. The molecule has 0 aromatic heterocycles. The Hall–Kier alpha value is -0.520. The molecular formula is C14H22N2OS2. The van der Waals surface area contributed by atoms with Crippen LogP contribution in [-0.2, 0) is 11.0 Å². The van der Waals surface area contributed by atoms with E-state index in [1.54, 1.807) is 6.26 Å². The number of benzene rings is 1. The molecule has 2 N–H and O–H groups in total. The molecule has 1 aliphatic rings. The van der Waals surface area contributed by atoms with Crippen molar-refractivity contribution in [1.82, 2.24) is 5.32 Å². The van der Waals surface area contributed by atoms with Crippen molar-refractivity contribution >= 4 is 28.4 Å². The number of hydrogen-bond donors (Lipinski definition) is 2. The first-order valence-electron chi connectivity index (χ1n) is 6.78. The molecule has 19 heavy (non-hydrogen) atoms. The highest BCUT2D eigenvalue weighted by atomic mass is 32.2. The van der Waals surface area contributed by atoms with Crippen molar-refractivity contribution in [3.8, 4) is 0 Å². The maximum absolute atomic E-state index is 11.0. The van der Waals surface area contributed by atoms with Crippen LogP contribution in [0.2, 0.25) is 0 Å². The van der Waals surface area contributed by atoms with Gasteiger partial charge in [-0.2, -0.15) is 0 Å². The summed E-state index contributed by atoms with van der Waals surface area (Å²) in [6.45, 7) is 2.37. The zero-order valence-corrected chi connectivity index (χ0v) is 13.0. The summed E-state index contributed by atoms with van der Waals surface area (Å²) in [6.07, 6.45) is 5.60. The predicted molar refractivity (Wildman–Crippen MR) is 85.1 cm³/mol. The molecule has 1 saturated heterocycles. The van der Waals surface area contributed by atoms with Gasteiger partial charge in [0.25, 0.3) is 0 Å². The third-order valence-corrected chi connectivity index (χ3v) is 4.94. The molecule has 1 fully saturated rings. The maximum atomic E-state index is 11.0. The van der Waals surface area contributed by atoms with Crippen molar-refractivity contribution in [2.75, 3.05) is 29.8 Å². The second-order valence-electron chi connectivity index (χ2n) is 4.91. The van der Waals surface area contributed by atoms with Crippen LogP contribution in [0.15, 0.2) is 29.2 Å². The molecule has 0 amide bonds. The van der Waals surface area contributed by atoms with Crippen molar-refractivity contribution in [3.05, 3.63) is 24.3 Å². The van der Waals surface area contributed by atoms with Gasteiger partial charge in [0.1, 0.15) is 11.0 Å². The predicted octanol–water partition coefficient (Wildman–Crippen LogP) is 2.87. The Kier molecular flexibility index (Phi) is 6.20. The Morgan fingerprint density at radius 2 is 2.00 bits per heavy atom. The van der Waals surface area contributed by atoms with Crippen molar-refractivity contribution in [2.45, 2.75) is 24.2 Å². The van der Waals surface area contributed by atoms with Crippen LogP contribution in [-0.4, -0.2) is 29.3 Å². The van der Waals surface area contributed by atoms with Crippen LogP contribution in [0.1, 0.15) is 19.3 Å². The number of nitrogens with one attached hydrogen (secondary N) is 2. The lowest BCUT2D eigenvalue weighted by Crippen LogP contribution is -2.27. The Balaban J connectivity index is 1.71. The molecule has 106 valence electrons. The van der Waals surface area contributed by atoms with Crippen molar-refractivity contribution in [3.63, 3.8) is 0 Å². The number of thioether (sulfide) groups is 1. The first-order valence-corrected chi connectivity index (χ1v) is 9.32. The highest BCUT2D eigenvalue weighted by Gasteiger charge is 2.12. The lowest BCUT2D eigenvalue weighted by molar-refractivity contribution is 0.367. The van der Waals surface area contributed by atoms with Crippen LogP contribution in [0.25, 0.3) is 0 Å². The summed E-state index contributed by atoms with van der Waals surface area (Å²) < 4.78 is 13.9. The summed E-state index contributed by atoms with van der Waals surface area (Å²) in [5, 5.41) is 3.41. The normalized spacial score (nSPS) is 18.2. The fourth-order valence-electron chi connectivity index (χ4n) is 2.30. The van der Waals surface area contributed by atoms with Gasteiger partial charge in [-0.25, -0.2) is 4.21 Å². The maximum Gasteiger partial charge on any atom is 0.113 e. The lowest BCUT2D eigenvalue weighted by Gasteiger charge is -2.22. The van der Waals surface area contributed by atoms with Crippen molar-refractivity contribution in [2.24, 2.45) is 5.92 Å². The fourth-order valence-corrected chi connectivity index (χ4v) is 3.78. The van der Waals surface area contributed by atoms with Crippen molar-refractivity contribution in [1.29, 1.82) is 0 Å². The lowest BCUT2D eigenvalue weighted by atomic mass is 9.96. The minimum absolute atomic E-state index is 0.900. The van der Waals surface area contributed by atoms with E-state index in [0.29, 0.717) is 0 Å². The van der Waals surface area contributed by atoms with Gasteiger partial charge in [0.15, 0.2) is 0 Å². The van der Waals surface area contributed by atoms with Gasteiger partial charge in [-0.15, -0.1) is 11.8 Å². The quantitative estimate of drug-likeness (QED) is 0.794. The molecule has 2 rings (SSSR count). The van der Waals surface area contributed by atoms with E-state index in [2.05, 4.69) is 22.2 Å². The number of anilines is 1. The highest BCUT2D eigenvalue weighted by molar-refractivity contribution is 7.99. The smallest absolute Gasteiger partial charge is 0.113 e. The first kappa shape index (κ1) is 14.9. The summed E-state index contributed by atoms with van der Waals surface area (Å²) in [5.74, 6) is 2.09. The molecule has 0 bridgehead atoms. The monoisotopic (exact) mass is 298 g/mol. The van der Waals surface area contributed by atoms with Crippen molar-refractivity contribution < 1.29 is 4.21 Å². The van der Waals surface area contributed by atoms with E-state index >= 15 is 0 Å². The Bertz CT molecular complexity index is 402.